The van der Waals surface area contributed by atoms with Crippen LogP contribution < -0.4 is 10.6 Å². The zero-order valence-corrected chi connectivity index (χ0v) is 16.5. The van der Waals surface area contributed by atoms with Gasteiger partial charge in [0.15, 0.2) is 0 Å². The maximum Gasteiger partial charge on any atom is 0.0725 e. The first kappa shape index (κ1) is 22.0. The summed E-state index contributed by atoms with van der Waals surface area (Å²) in [6.07, 6.45) is 3.97. The molecule has 0 saturated heterocycles. The van der Waals surface area contributed by atoms with E-state index in [9.17, 15) is 0 Å². The summed E-state index contributed by atoms with van der Waals surface area (Å²) in [6, 6.07) is 0.498. The molecule has 0 spiro atoms. The summed E-state index contributed by atoms with van der Waals surface area (Å²) in [5.74, 6) is 0.728. The molecule has 0 aliphatic rings. The van der Waals surface area contributed by atoms with Crippen LogP contribution in [0.2, 0.25) is 0 Å². The Morgan fingerprint density at radius 1 is 1.12 bits per heavy atom. The zero-order chi connectivity index (χ0) is 18.3. The maximum absolute atomic E-state index is 5.62. The van der Waals surface area contributed by atoms with Crippen molar-refractivity contribution in [2.45, 2.75) is 53.1 Å². The topological polar surface area (TPSA) is 73.2 Å². The summed E-state index contributed by atoms with van der Waals surface area (Å²) in [7, 11) is 0. The largest absolute Gasteiger partial charge is 0.378 e. The van der Waals surface area contributed by atoms with Gasteiger partial charge in [0.2, 0.25) is 0 Å². The summed E-state index contributed by atoms with van der Waals surface area (Å²) in [6.45, 7) is 15.0. The van der Waals surface area contributed by atoms with Gasteiger partial charge >= 0.3 is 0 Å². The van der Waals surface area contributed by atoms with Gasteiger partial charge in [-0.2, -0.15) is 0 Å². The number of hydrogen-bond donors (Lipinski definition) is 2. The van der Waals surface area contributed by atoms with Crippen molar-refractivity contribution >= 4 is 0 Å². The van der Waals surface area contributed by atoms with Gasteiger partial charge < -0.3 is 20.1 Å². The van der Waals surface area contributed by atoms with E-state index >= 15 is 0 Å². The first-order chi connectivity index (χ1) is 12.1. The number of nitrogens with one attached hydrogen (secondary N) is 2. The van der Waals surface area contributed by atoms with Crippen molar-refractivity contribution in [3.05, 3.63) is 11.9 Å². The van der Waals surface area contributed by atoms with Crippen LogP contribution in [0.4, 0.5) is 0 Å². The summed E-state index contributed by atoms with van der Waals surface area (Å²) < 4.78 is 13.1. The molecule has 0 aliphatic carbocycles. The average Bonchev–Trinajstić information content (AvgIpc) is 3.03. The maximum atomic E-state index is 5.62. The molecule has 0 bridgehead atoms. The van der Waals surface area contributed by atoms with Gasteiger partial charge in [-0.3, -0.25) is 0 Å². The SMILES string of the molecule is CCC(C)CNCCOCCOCCn1nncc1CCNC(C)C.[HH].[HH]. The molecular weight excluding hydrogens is 318 g/mol. The lowest BCUT2D eigenvalue weighted by Crippen LogP contribution is -2.26. The van der Waals surface area contributed by atoms with E-state index in [4.69, 9.17) is 9.47 Å². The normalized spacial score (nSPS) is 12.8. The highest BCUT2D eigenvalue weighted by Gasteiger charge is 2.04. The molecule has 2 N–H and O–H groups in total. The van der Waals surface area contributed by atoms with E-state index in [1.165, 1.54) is 6.42 Å². The quantitative estimate of drug-likeness (QED) is 0.440. The van der Waals surface area contributed by atoms with Crippen molar-refractivity contribution in [1.29, 1.82) is 0 Å². The van der Waals surface area contributed by atoms with Crippen LogP contribution in [0.3, 0.4) is 0 Å². The molecular formula is C18H41N5O2. The Morgan fingerprint density at radius 3 is 2.60 bits per heavy atom. The van der Waals surface area contributed by atoms with Gasteiger partial charge in [0.05, 0.1) is 44.9 Å². The lowest BCUT2D eigenvalue weighted by molar-refractivity contribution is 0.0445. The molecule has 1 heterocycles. The summed E-state index contributed by atoms with van der Waals surface area (Å²) in [5.41, 5.74) is 1.14. The second-order valence-corrected chi connectivity index (χ2v) is 6.75. The second kappa shape index (κ2) is 14.2. The third-order valence-electron chi connectivity index (χ3n) is 4.06. The number of ether oxygens (including phenoxy) is 2. The highest BCUT2D eigenvalue weighted by Crippen LogP contribution is 1.98. The minimum atomic E-state index is 0. The summed E-state index contributed by atoms with van der Waals surface area (Å²) in [5, 5.41) is 14.9. The molecule has 1 unspecified atom stereocenters. The fourth-order valence-corrected chi connectivity index (χ4v) is 2.26. The standard InChI is InChI=1S/C18H37N5O2.2H2/c1-5-17(4)14-19-8-10-24-12-13-25-11-9-23-18(15-21-22-23)6-7-20-16(2)3;;/h15-17,19-20H,5-14H2,1-4H3;2*1H. The molecule has 1 aromatic heterocycles. The van der Waals surface area contributed by atoms with Crippen LogP contribution in [0.1, 0.15) is 42.7 Å². The zero-order valence-electron chi connectivity index (χ0n) is 16.5. The van der Waals surface area contributed by atoms with Crippen LogP contribution in [0.25, 0.3) is 0 Å². The predicted octanol–water partition coefficient (Wildman–Crippen LogP) is 1.98. The third kappa shape index (κ3) is 11.3. The fourth-order valence-electron chi connectivity index (χ4n) is 2.26. The van der Waals surface area contributed by atoms with Crippen molar-refractivity contribution in [3.63, 3.8) is 0 Å². The predicted molar refractivity (Wildman–Crippen MR) is 105 cm³/mol. The number of nitrogens with zero attached hydrogens (tertiary/aromatic N) is 3. The van der Waals surface area contributed by atoms with E-state index in [1.54, 1.807) is 0 Å². The van der Waals surface area contributed by atoms with Crippen LogP contribution in [0, 0.1) is 5.92 Å². The van der Waals surface area contributed by atoms with Crippen molar-refractivity contribution in [2.24, 2.45) is 5.92 Å². The molecule has 0 aliphatic heterocycles. The van der Waals surface area contributed by atoms with Crippen LogP contribution in [-0.2, 0) is 22.4 Å². The minimum absolute atomic E-state index is 0. The second-order valence-electron chi connectivity index (χ2n) is 6.75. The molecule has 0 aromatic carbocycles. The first-order valence-corrected chi connectivity index (χ1v) is 9.60. The summed E-state index contributed by atoms with van der Waals surface area (Å²) in [4.78, 5) is 0. The van der Waals surface area contributed by atoms with Gasteiger partial charge in [-0.25, -0.2) is 4.68 Å². The monoisotopic (exact) mass is 359 g/mol. The molecule has 7 nitrogen and oxygen atoms in total. The van der Waals surface area contributed by atoms with E-state index < -0.39 is 0 Å². The van der Waals surface area contributed by atoms with E-state index in [1.807, 2.05) is 10.9 Å². The van der Waals surface area contributed by atoms with E-state index in [2.05, 4.69) is 48.6 Å². The number of rotatable bonds is 16. The Kier molecular flexibility index (Phi) is 12.5. The molecule has 25 heavy (non-hydrogen) atoms. The minimum Gasteiger partial charge on any atom is -0.378 e. The van der Waals surface area contributed by atoms with Gasteiger partial charge in [0, 0.05) is 28.4 Å². The molecule has 0 fully saturated rings. The van der Waals surface area contributed by atoms with Crippen LogP contribution in [-0.4, -0.2) is 67.1 Å². The van der Waals surface area contributed by atoms with E-state index in [-0.39, 0.29) is 2.85 Å². The van der Waals surface area contributed by atoms with Gasteiger partial charge in [-0.05, 0) is 12.5 Å². The highest BCUT2D eigenvalue weighted by atomic mass is 16.5. The molecule has 1 atom stereocenters. The molecule has 1 rings (SSSR count). The lowest BCUT2D eigenvalue weighted by atomic mass is 10.1. The van der Waals surface area contributed by atoms with Gasteiger partial charge in [0.25, 0.3) is 0 Å². The van der Waals surface area contributed by atoms with Crippen molar-refractivity contribution in [1.82, 2.24) is 25.6 Å². The Labute approximate surface area is 155 Å². The number of hydrogen-bond acceptors (Lipinski definition) is 6. The van der Waals surface area contributed by atoms with Gasteiger partial charge in [0.1, 0.15) is 0 Å². The Bertz CT molecular complexity index is 436. The Hall–Kier alpha value is -1.02. The smallest absolute Gasteiger partial charge is 0.0725 e. The highest BCUT2D eigenvalue weighted by molar-refractivity contribution is 4.94. The lowest BCUT2D eigenvalue weighted by Gasteiger charge is -2.11. The summed E-state index contributed by atoms with van der Waals surface area (Å²) >= 11 is 0. The molecule has 1 aromatic rings. The van der Waals surface area contributed by atoms with Crippen molar-refractivity contribution in [3.8, 4) is 0 Å². The van der Waals surface area contributed by atoms with Crippen LogP contribution in [0.5, 0.6) is 0 Å². The molecule has 0 saturated carbocycles. The number of aromatic nitrogens is 3. The van der Waals surface area contributed by atoms with Crippen molar-refractivity contribution in [2.75, 3.05) is 46.1 Å². The molecule has 0 radical (unpaired) electrons. The Morgan fingerprint density at radius 2 is 1.88 bits per heavy atom. The molecule has 150 valence electrons. The Balaban J connectivity index is 0. The van der Waals surface area contributed by atoms with Crippen molar-refractivity contribution < 1.29 is 12.3 Å². The van der Waals surface area contributed by atoms with E-state index in [0.717, 1.165) is 50.8 Å². The van der Waals surface area contributed by atoms with Crippen LogP contribution >= 0.6 is 0 Å². The van der Waals surface area contributed by atoms with Gasteiger partial charge in [-0.15, -0.1) is 5.10 Å². The first-order valence-electron chi connectivity index (χ1n) is 9.60. The van der Waals surface area contributed by atoms with Gasteiger partial charge in [-0.1, -0.05) is 39.3 Å². The molecule has 0 amide bonds. The average molecular weight is 360 g/mol. The van der Waals surface area contributed by atoms with Crippen LogP contribution in [0.15, 0.2) is 6.20 Å². The third-order valence-corrected chi connectivity index (χ3v) is 4.06. The fraction of sp³-hybridized carbons (Fsp3) is 0.889. The van der Waals surface area contributed by atoms with E-state index in [0.29, 0.717) is 25.9 Å². The molecule has 7 heteroatoms.